The Bertz CT molecular complexity index is 1890. The molecule has 0 unspecified atom stereocenters. The summed E-state index contributed by atoms with van der Waals surface area (Å²) < 4.78 is 35.7. The molecule has 24 atom stereocenters. The highest BCUT2D eigenvalue weighted by molar-refractivity contribution is 5.80. The van der Waals surface area contributed by atoms with E-state index >= 15 is 0 Å². The molecule has 3 aliphatic heterocycles. The van der Waals surface area contributed by atoms with E-state index in [9.17, 15) is 65.8 Å². The molecule has 4 saturated carbocycles. The number of fused-ring (bicyclic) bond motifs is 7. The summed E-state index contributed by atoms with van der Waals surface area (Å²) in [7, 11) is 0. The lowest BCUT2D eigenvalue weighted by atomic mass is 9.33. The SMILES string of the molecule is C[C@@H]1O[C@@H](OC(=O)[C@]23CCC(C)(C)C[C@H]2C2=CC[C@@H]4[C@@]5(C)CC[C@H](O[C@@H]6O[C@H](C(=O)O)[C@@H](O)[C@H](O)[C@H]6O[C@@H]6O[C@H](CO)[C@@H](O)[C@H](O)[C@H]6O)C(C)(C)[C@@H]5CC[C@@]4(C)[C@]2(C)C[C@H]3O)[C@H](O)[C@H](O)[C@H]1O. The van der Waals surface area contributed by atoms with Gasteiger partial charge < -0.3 is 84.6 Å². The zero-order valence-corrected chi connectivity index (χ0v) is 39.9. The molecule has 0 bridgehead atoms. The number of aliphatic hydroxyl groups excluding tert-OH is 10. The number of aliphatic hydroxyl groups is 10. The van der Waals surface area contributed by atoms with Crippen molar-refractivity contribution in [1.29, 1.82) is 0 Å². The molecule has 0 amide bonds. The minimum Gasteiger partial charge on any atom is -0.479 e. The van der Waals surface area contributed by atoms with E-state index in [4.69, 9.17) is 28.4 Å². The number of carbonyl (C=O) groups is 2. The van der Waals surface area contributed by atoms with Gasteiger partial charge in [-0.1, -0.05) is 60.1 Å². The van der Waals surface area contributed by atoms with E-state index in [2.05, 4.69) is 54.5 Å². The van der Waals surface area contributed by atoms with Crippen molar-refractivity contribution in [3.63, 3.8) is 0 Å². The van der Waals surface area contributed by atoms with E-state index in [1.54, 1.807) is 0 Å². The van der Waals surface area contributed by atoms with Crippen LogP contribution in [0.3, 0.4) is 0 Å². The minimum absolute atomic E-state index is 0.0314. The summed E-state index contributed by atoms with van der Waals surface area (Å²) in [6.07, 6.45) is -18.9. The first-order chi connectivity index (χ1) is 31.1. The maximum atomic E-state index is 14.7. The molecule has 8 rings (SSSR count). The quantitative estimate of drug-likeness (QED) is 0.0882. The van der Waals surface area contributed by atoms with E-state index in [1.165, 1.54) is 6.92 Å². The third-order valence-electron chi connectivity index (χ3n) is 19.3. The van der Waals surface area contributed by atoms with Gasteiger partial charge in [-0.15, -0.1) is 0 Å². The van der Waals surface area contributed by atoms with Gasteiger partial charge in [0.05, 0.1) is 24.9 Å². The first-order valence-corrected chi connectivity index (χ1v) is 24.3. The Hall–Kier alpha value is -1.92. The molecule has 0 aromatic heterocycles. The van der Waals surface area contributed by atoms with E-state index in [0.717, 1.165) is 18.4 Å². The molecule has 5 aliphatic carbocycles. The Kier molecular flexibility index (Phi) is 13.6. The summed E-state index contributed by atoms with van der Waals surface area (Å²) in [5.74, 6) is -2.50. The molecule has 0 spiro atoms. The van der Waals surface area contributed by atoms with Crippen molar-refractivity contribution in [3.8, 4) is 0 Å². The fraction of sp³-hybridized carbons (Fsp3) is 0.917. The van der Waals surface area contributed by atoms with Crippen molar-refractivity contribution in [3.05, 3.63) is 11.6 Å². The van der Waals surface area contributed by atoms with Gasteiger partial charge in [-0.05, 0) is 110 Å². The number of ether oxygens (including phenoxy) is 6. The van der Waals surface area contributed by atoms with E-state index < -0.39 is 145 Å². The van der Waals surface area contributed by atoms with Crippen LogP contribution in [0.2, 0.25) is 0 Å². The number of hydrogen-bond donors (Lipinski definition) is 11. The summed E-state index contributed by atoms with van der Waals surface area (Å²) in [5.41, 5.74) is -2.19. The van der Waals surface area contributed by atoms with Crippen LogP contribution >= 0.6 is 0 Å². The molecule has 8 aliphatic rings. The van der Waals surface area contributed by atoms with Gasteiger partial charge >= 0.3 is 11.9 Å². The number of carboxylic acids is 1. The maximum absolute atomic E-state index is 14.7. The molecule has 382 valence electrons. The minimum atomic E-state index is -1.99. The molecule has 19 heteroatoms. The van der Waals surface area contributed by atoms with Crippen LogP contribution in [0.1, 0.15) is 113 Å². The molecule has 7 fully saturated rings. The van der Waals surface area contributed by atoms with Gasteiger partial charge in [-0.2, -0.15) is 0 Å². The van der Waals surface area contributed by atoms with Crippen LogP contribution in [0.15, 0.2) is 11.6 Å². The third-order valence-corrected chi connectivity index (χ3v) is 19.3. The smallest absolute Gasteiger partial charge is 0.335 e. The maximum Gasteiger partial charge on any atom is 0.335 e. The van der Waals surface area contributed by atoms with Gasteiger partial charge in [0, 0.05) is 0 Å². The molecular weight excluding hydrogens is 881 g/mol. The largest absolute Gasteiger partial charge is 0.479 e. The Morgan fingerprint density at radius 3 is 2.00 bits per heavy atom. The molecule has 0 aromatic rings. The van der Waals surface area contributed by atoms with Gasteiger partial charge in [-0.3, -0.25) is 4.79 Å². The summed E-state index contributed by atoms with van der Waals surface area (Å²) >= 11 is 0. The predicted octanol–water partition coefficient (Wildman–Crippen LogP) is 0.231. The molecule has 19 nitrogen and oxygen atoms in total. The van der Waals surface area contributed by atoms with Crippen molar-refractivity contribution in [2.45, 2.75) is 218 Å². The zero-order chi connectivity index (χ0) is 49.3. The number of carboxylic acid groups (broad SMARTS) is 1. The molecule has 0 aromatic carbocycles. The van der Waals surface area contributed by atoms with Crippen LogP contribution in [-0.2, 0) is 38.0 Å². The van der Waals surface area contributed by atoms with Gasteiger partial charge in [0.25, 0.3) is 0 Å². The van der Waals surface area contributed by atoms with E-state index in [-0.39, 0.29) is 34.5 Å². The van der Waals surface area contributed by atoms with Crippen molar-refractivity contribution in [1.82, 2.24) is 0 Å². The molecule has 3 heterocycles. The number of allylic oxidation sites excluding steroid dienone is 2. The second-order valence-electron chi connectivity index (χ2n) is 23.6. The normalized spacial score (nSPS) is 53.7. The second-order valence-corrected chi connectivity index (χ2v) is 23.6. The van der Waals surface area contributed by atoms with Crippen molar-refractivity contribution < 1.29 is 94.2 Å². The molecule has 11 N–H and O–H groups in total. The Morgan fingerprint density at radius 1 is 0.687 bits per heavy atom. The number of rotatable bonds is 8. The fourth-order valence-corrected chi connectivity index (χ4v) is 15.0. The summed E-state index contributed by atoms with van der Waals surface area (Å²) in [6.45, 7) is 16.2. The highest BCUT2D eigenvalue weighted by Crippen LogP contribution is 2.76. The number of carbonyl (C=O) groups excluding carboxylic acids is 1. The van der Waals surface area contributed by atoms with Crippen LogP contribution < -0.4 is 0 Å². The van der Waals surface area contributed by atoms with Gasteiger partial charge in [0.1, 0.15) is 66.5 Å². The number of esters is 1. The summed E-state index contributed by atoms with van der Waals surface area (Å²) in [6, 6.07) is 0. The van der Waals surface area contributed by atoms with Gasteiger partial charge in [0.2, 0.25) is 6.29 Å². The van der Waals surface area contributed by atoms with Crippen LogP contribution in [0.25, 0.3) is 0 Å². The Balaban J connectivity index is 1.07. The second kappa shape index (κ2) is 17.7. The molecule has 3 saturated heterocycles. The summed E-state index contributed by atoms with van der Waals surface area (Å²) in [4.78, 5) is 27.0. The third kappa shape index (κ3) is 7.88. The molecule has 67 heavy (non-hydrogen) atoms. The number of aliphatic carboxylic acids is 1. The van der Waals surface area contributed by atoms with Crippen molar-refractivity contribution >= 4 is 11.9 Å². The molecular formula is C48H76O19. The highest BCUT2D eigenvalue weighted by Gasteiger charge is 2.72. The Labute approximate surface area is 391 Å². The van der Waals surface area contributed by atoms with Crippen LogP contribution in [0.5, 0.6) is 0 Å². The monoisotopic (exact) mass is 956 g/mol. The van der Waals surface area contributed by atoms with Crippen molar-refractivity contribution in [2.24, 2.45) is 50.2 Å². The first-order valence-electron chi connectivity index (χ1n) is 24.3. The van der Waals surface area contributed by atoms with Crippen LogP contribution in [-0.4, -0.2) is 179 Å². The lowest BCUT2D eigenvalue weighted by Gasteiger charge is -2.71. The molecule has 0 radical (unpaired) electrons. The number of hydrogen-bond acceptors (Lipinski definition) is 18. The van der Waals surface area contributed by atoms with Gasteiger partial charge in [0.15, 0.2) is 18.7 Å². The highest BCUT2D eigenvalue weighted by atomic mass is 16.8. The van der Waals surface area contributed by atoms with E-state index in [0.29, 0.717) is 38.5 Å². The predicted molar refractivity (Wildman–Crippen MR) is 231 cm³/mol. The topological polar surface area (TPSA) is 312 Å². The lowest BCUT2D eigenvalue weighted by Crippen LogP contribution is -2.68. The van der Waals surface area contributed by atoms with Gasteiger partial charge in [-0.25, -0.2) is 4.79 Å². The Morgan fingerprint density at radius 2 is 1.34 bits per heavy atom. The van der Waals surface area contributed by atoms with Crippen LogP contribution in [0.4, 0.5) is 0 Å². The average Bonchev–Trinajstić information content (AvgIpc) is 3.25. The first kappa shape index (κ1) is 51.4. The average molecular weight is 957 g/mol. The van der Waals surface area contributed by atoms with Crippen molar-refractivity contribution in [2.75, 3.05) is 6.61 Å². The van der Waals surface area contributed by atoms with E-state index in [1.807, 2.05) is 0 Å². The lowest BCUT2D eigenvalue weighted by molar-refractivity contribution is -0.374. The fourth-order valence-electron chi connectivity index (χ4n) is 15.0. The summed E-state index contributed by atoms with van der Waals surface area (Å²) in [5, 5.41) is 118. The van der Waals surface area contributed by atoms with Crippen LogP contribution in [0, 0.1) is 50.2 Å². The zero-order valence-electron chi connectivity index (χ0n) is 39.9. The standard InChI is InChI=1S/C48H76O19/c1-20-28(51)30(53)34(57)39(62-20)67-42(61)48-16-15-43(2,3)17-22(48)21-9-10-25-45(6)13-12-27(44(4,5)24(45)11-14-46(25,7)47(21,8)18-26(48)50)64-41-37(33(56)32(55)36(65-41)38(59)60)66-40-35(58)31(54)29(52)23(19-49)63-40/h9,20,22-37,39-41,49-58H,10-19H2,1-8H3,(H,59,60)/t20-,22-,23+,24-,25+,26+,27-,28-,29+,30+,31-,32-,33-,34+,35+,36-,37+,39-,40-,41+,45-,46+,47+,48+/m0/s1.